The number of aliphatic hydroxyl groups is 1. The van der Waals surface area contributed by atoms with E-state index in [9.17, 15) is 14.7 Å². The van der Waals surface area contributed by atoms with Crippen LogP contribution in [0.1, 0.15) is 44.1 Å². The number of carbonyl (C=O) groups excluding carboxylic acids is 2. The van der Waals surface area contributed by atoms with E-state index >= 15 is 0 Å². The van der Waals surface area contributed by atoms with Gasteiger partial charge in [0.05, 0.1) is 6.10 Å². The van der Waals surface area contributed by atoms with Gasteiger partial charge in [-0.2, -0.15) is 0 Å². The summed E-state index contributed by atoms with van der Waals surface area (Å²) in [4.78, 5) is 25.6. The Bertz CT molecular complexity index is 766. The first-order valence-corrected chi connectivity index (χ1v) is 10.8. The van der Waals surface area contributed by atoms with Crippen molar-refractivity contribution < 1.29 is 14.7 Å². The smallest absolute Gasteiger partial charge is 0.222 e. The van der Waals surface area contributed by atoms with E-state index in [1.807, 2.05) is 36.4 Å². The van der Waals surface area contributed by atoms with Gasteiger partial charge >= 0.3 is 0 Å². The van der Waals surface area contributed by atoms with Crippen LogP contribution in [0.5, 0.6) is 0 Å². The number of aliphatic hydroxyl groups excluding tert-OH is 1. The predicted molar refractivity (Wildman–Crippen MR) is 115 cm³/mol. The second-order valence-corrected chi connectivity index (χ2v) is 8.72. The molecule has 0 saturated heterocycles. The summed E-state index contributed by atoms with van der Waals surface area (Å²) in [5.74, 6) is 1.16. The van der Waals surface area contributed by atoms with Gasteiger partial charge in [0.15, 0.2) is 5.78 Å². The molecule has 0 unspecified atom stereocenters. The summed E-state index contributed by atoms with van der Waals surface area (Å²) < 4.78 is 0. The minimum Gasteiger partial charge on any atom is -0.392 e. The lowest BCUT2D eigenvalue weighted by Crippen LogP contribution is -2.21. The van der Waals surface area contributed by atoms with Gasteiger partial charge in [-0.15, -0.1) is 0 Å². The second kappa shape index (κ2) is 10.0. The van der Waals surface area contributed by atoms with Crippen LogP contribution in [0.4, 0.5) is 0 Å². The number of rotatable bonds is 9. The van der Waals surface area contributed by atoms with Gasteiger partial charge in [-0.05, 0) is 55.6 Å². The van der Waals surface area contributed by atoms with Gasteiger partial charge in [0.1, 0.15) is 0 Å². The van der Waals surface area contributed by atoms with Crippen LogP contribution < -0.4 is 0 Å². The van der Waals surface area contributed by atoms with Crippen LogP contribution in [-0.4, -0.2) is 41.9 Å². The van der Waals surface area contributed by atoms with Crippen molar-refractivity contribution in [2.75, 3.05) is 14.1 Å². The van der Waals surface area contributed by atoms with E-state index in [0.29, 0.717) is 24.7 Å². The maximum atomic E-state index is 12.3. The Balaban J connectivity index is 1.47. The first-order chi connectivity index (χ1) is 13.9. The first kappa shape index (κ1) is 21.5. The molecule has 1 N–H and O–H groups in total. The third kappa shape index (κ3) is 5.89. The highest BCUT2D eigenvalue weighted by Gasteiger charge is 2.43. The minimum absolute atomic E-state index is 0.0591. The summed E-state index contributed by atoms with van der Waals surface area (Å²) in [6.45, 7) is 0. The van der Waals surface area contributed by atoms with Gasteiger partial charge in [0.25, 0.3) is 0 Å². The molecule has 4 atom stereocenters. The second-order valence-electron chi connectivity index (χ2n) is 8.72. The Morgan fingerprint density at radius 2 is 1.93 bits per heavy atom. The molecule has 0 bridgehead atoms. The van der Waals surface area contributed by atoms with Crippen LogP contribution in [0.3, 0.4) is 0 Å². The monoisotopic (exact) mass is 395 g/mol. The summed E-state index contributed by atoms with van der Waals surface area (Å²) in [6.07, 6.45) is 11.4. The molecule has 1 aromatic carbocycles. The van der Waals surface area contributed by atoms with Crippen LogP contribution >= 0.6 is 0 Å². The van der Waals surface area contributed by atoms with Crippen molar-refractivity contribution in [1.29, 1.82) is 0 Å². The van der Waals surface area contributed by atoms with Crippen molar-refractivity contribution >= 4 is 11.7 Å². The molecule has 2 aliphatic carbocycles. The van der Waals surface area contributed by atoms with E-state index in [4.69, 9.17) is 0 Å². The molecular formula is C25H33NO3. The Kier molecular flexibility index (Phi) is 7.43. The Morgan fingerprint density at radius 1 is 1.17 bits per heavy atom. The van der Waals surface area contributed by atoms with Crippen molar-refractivity contribution in [2.45, 2.75) is 51.0 Å². The number of allylic oxidation sites excluding steroid dienone is 3. The molecule has 1 aromatic rings. The first-order valence-electron chi connectivity index (χ1n) is 10.8. The molecule has 4 nitrogen and oxygen atoms in total. The van der Waals surface area contributed by atoms with Crippen LogP contribution in [0, 0.1) is 17.8 Å². The molecule has 3 rings (SSSR count). The van der Waals surface area contributed by atoms with E-state index in [0.717, 1.165) is 37.7 Å². The maximum Gasteiger partial charge on any atom is 0.222 e. The molecular weight excluding hydrogens is 362 g/mol. The normalized spacial score (nSPS) is 25.8. The third-order valence-corrected chi connectivity index (χ3v) is 6.31. The molecule has 0 heterocycles. The zero-order valence-electron chi connectivity index (χ0n) is 17.6. The number of hydrogen-bond acceptors (Lipinski definition) is 3. The van der Waals surface area contributed by atoms with E-state index in [1.165, 1.54) is 5.57 Å². The highest BCUT2D eigenvalue weighted by atomic mass is 16.3. The summed E-state index contributed by atoms with van der Waals surface area (Å²) >= 11 is 0. The van der Waals surface area contributed by atoms with Gasteiger partial charge < -0.3 is 10.0 Å². The van der Waals surface area contributed by atoms with Gasteiger partial charge in [-0.25, -0.2) is 0 Å². The van der Waals surface area contributed by atoms with E-state index in [2.05, 4.69) is 6.08 Å². The fourth-order valence-corrected chi connectivity index (χ4v) is 4.72. The molecule has 156 valence electrons. The summed E-state index contributed by atoms with van der Waals surface area (Å²) in [5, 5.41) is 10.5. The van der Waals surface area contributed by atoms with Crippen molar-refractivity contribution in [3.63, 3.8) is 0 Å². The van der Waals surface area contributed by atoms with Crippen LogP contribution in [0.15, 0.2) is 54.1 Å². The largest absolute Gasteiger partial charge is 0.392 e. The van der Waals surface area contributed by atoms with Crippen molar-refractivity contribution in [3.05, 3.63) is 59.7 Å². The van der Waals surface area contributed by atoms with Gasteiger partial charge in [-0.1, -0.05) is 48.1 Å². The molecule has 1 amide bonds. The van der Waals surface area contributed by atoms with E-state index in [1.54, 1.807) is 25.1 Å². The zero-order chi connectivity index (χ0) is 20.8. The molecule has 2 aliphatic rings. The number of benzene rings is 1. The lowest BCUT2D eigenvalue weighted by Gasteiger charge is -2.18. The van der Waals surface area contributed by atoms with Crippen LogP contribution in [-0.2, 0) is 16.0 Å². The fourth-order valence-electron chi connectivity index (χ4n) is 4.72. The predicted octanol–water partition coefficient (Wildman–Crippen LogP) is 3.95. The third-order valence-electron chi connectivity index (χ3n) is 6.31. The van der Waals surface area contributed by atoms with E-state index < -0.39 is 0 Å². The molecule has 4 heteroatoms. The zero-order valence-corrected chi connectivity index (χ0v) is 17.6. The highest BCUT2D eigenvalue weighted by molar-refractivity contribution is 5.91. The topological polar surface area (TPSA) is 57.6 Å². The van der Waals surface area contributed by atoms with Crippen molar-refractivity contribution in [1.82, 2.24) is 4.90 Å². The number of carbonyl (C=O) groups is 2. The Morgan fingerprint density at radius 3 is 2.66 bits per heavy atom. The van der Waals surface area contributed by atoms with Gasteiger partial charge in [0, 0.05) is 32.9 Å². The highest BCUT2D eigenvalue weighted by Crippen LogP contribution is 2.48. The SMILES string of the molecule is CN(C)C(=O)CCCCC1=C[C@H]2C[C@@H](O)[C@H](C=CC(=O)Cc3ccccc3)[C@H]2C1. The number of ketones is 1. The minimum atomic E-state index is -0.360. The number of unbranched alkanes of at least 4 members (excludes halogenated alkanes) is 1. The molecule has 0 aromatic heterocycles. The van der Waals surface area contributed by atoms with Gasteiger partial charge in [-0.3, -0.25) is 9.59 Å². The molecule has 1 saturated carbocycles. The summed E-state index contributed by atoms with van der Waals surface area (Å²) in [6, 6.07) is 9.76. The molecule has 0 spiro atoms. The average molecular weight is 396 g/mol. The Labute approximate surface area is 174 Å². The Hall–Kier alpha value is -2.20. The fraction of sp³-hybridized carbons (Fsp3) is 0.520. The number of hydrogen-bond donors (Lipinski definition) is 1. The molecule has 0 aliphatic heterocycles. The summed E-state index contributed by atoms with van der Waals surface area (Å²) in [5.41, 5.74) is 2.47. The van der Waals surface area contributed by atoms with Crippen LogP contribution in [0.2, 0.25) is 0 Å². The standard InChI is InChI=1S/C25H33NO3/c1-26(2)25(29)11-7-6-10-19-14-20-17-24(28)22(23(20)16-19)13-12-21(27)15-18-8-4-3-5-9-18/h3-5,8-9,12-14,20,22-24,28H,6-7,10-11,15-17H2,1-2H3/t20-,22+,23-,24+/m0/s1. The lowest BCUT2D eigenvalue weighted by molar-refractivity contribution is -0.128. The number of fused-ring (bicyclic) bond motifs is 1. The maximum absolute atomic E-state index is 12.3. The average Bonchev–Trinajstić information content (AvgIpc) is 3.20. The number of nitrogens with zero attached hydrogens (tertiary/aromatic N) is 1. The van der Waals surface area contributed by atoms with E-state index in [-0.39, 0.29) is 23.7 Å². The quantitative estimate of drug-likeness (QED) is 0.391. The molecule has 1 fully saturated rings. The van der Waals surface area contributed by atoms with Gasteiger partial charge in [0.2, 0.25) is 5.91 Å². The van der Waals surface area contributed by atoms with Crippen LogP contribution in [0.25, 0.3) is 0 Å². The van der Waals surface area contributed by atoms with Crippen molar-refractivity contribution in [3.8, 4) is 0 Å². The molecule has 29 heavy (non-hydrogen) atoms. The molecule has 0 radical (unpaired) electrons. The van der Waals surface area contributed by atoms with Crippen molar-refractivity contribution in [2.24, 2.45) is 17.8 Å². The lowest BCUT2D eigenvalue weighted by atomic mass is 9.88. The number of amides is 1. The summed E-state index contributed by atoms with van der Waals surface area (Å²) in [7, 11) is 3.60.